The van der Waals surface area contributed by atoms with Crippen molar-refractivity contribution in [3.8, 4) is 5.75 Å². The number of benzene rings is 3. The zero-order valence-electron chi connectivity index (χ0n) is 23.1. The standard InChI is InChI=1S/C33H28FN3O6/c1-17-10-12-19(13-11-17)35-36-30(40)24-16-23-20(14-15-21-26(23)31(41)37(43)29(21)39)27(22-8-5-9-25(34)28(22)38)33(24,32(36)42)18-6-3-2-4-7-18/h2-14,21,23-24,26-27,35,38,43H,15-16H2,1H3/t21-,23+,24-,26-,27+,33+/m0/s1. The number of hydrogen-bond donors (Lipinski definition) is 3. The Kier molecular flexibility index (Phi) is 6.04. The molecule has 4 amide bonds. The van der Waals surface area contributed by atoms with Crippen molar-refractivity contribution in [2.24, 2.45) is 23.7 Å². The monoisotopic (exact) mass is 581 g/mol. The van der Waals surface area contributed by atoms with Crippen LogP contribution < -0.4 is 5.43 Å². The highest BCUT2D eigenvalue weighted by atomic mass is 19.1. The average Bonchev–Trinajstić information content (AvgIpc) is 3.37. The molecule has 3 fully saturated rings. The topological polar surface area (TPSA) is 127 Å². The van der Waals surface area contributed by atoms with E-state index in [4.69, 9.17) is 0 Å². The number of nitrogens with one attached hydrogen (secondary N) is 1. The number of anilines is 1. The number of amides is 4. The minimum Gasteiger partial charge on any atom is -0.505 e. The van der Waals surface area contributed by atoms with Crippen LogP contribution in [0.2, 0.25) is 0 Å². The van der Waals surface area contributed by atoms with Crippen LogP contribution in [-0.4, -0.2) is 44.0 Å². The van der Waals surface area contributed by atoms with Gasteiger partial charge in [0, 0.05) is 11.5 Å². The van der Waals surface area contributed by atoms with Gasteiger partial charge in [0.05, 0.1) is 28.9 Å². The lowest BCUT2D eigenvalue weighted by molar-refractivity contribution is -0.173. The summed E-state index contributed by atoms with van der Waals surface area (Å²) in [6, 6.07) is 20.0. The first kappa shape index (κ1) is 27.0. The minimum absolute atomic E-state index is 0.0258. The second kappa shape index (κ2) is 9.60. The third-order valence-electron chi connectivity index (χ3n) is 9.70. The van der Waals surface area contributed by atoms with Crippen LogP contribution in [0.3, 0.4) is 0 Å². The predicted molar refractivity (Wildman–Crippen MR) is 150 cm³/mol. The molecule has 3 N–H and O–H groups in total. The molecule has 1 saturated carbocycles. The molecule has 4 aliphatic rings. The second-order valence-electron chi connectivity index (χ2n) is 11.8. The van der Waals surface area contributed by atoms with Gasteiger partial charge in [0.1, 0.15) is 0 Å². The molecule has 2 saturated heterocycles. The number of para-hydroxylation sites is 1. The summed E-state index contributed by atoms with van der Waals surface area (Å²) in [5, 5.41) is 22.5. The molecule has 0 bridgehead atoms. The van der Waals surface area contributed by atoms with Crippen LogP contribution in [0.4, 0.5) is 10.1 Å². The molecular weight excluding hydrogens is 553 g/mol. The van der Waals surface area contributed by atoms with Gasteiger partial charge in [0.15, 0.2) is 11.6 Å². The number of nitrogens with zero attached hydrogens (tertiary/aromatic N) is 2. The van der Waals surface area contributed by atoms with Gasteiger partial charge >= 0.3 is 0 Å². The third kappa shape index (κ3) is 3.65. The van der Waals surface area contributed by atoms with Crippen molar-refractivity contribution in [3.63, 3.8) is 0 Å². The maximum atomic E-state index is 15.0. The molecule has 2 heterocycles. The molecule has 3 aromatic carbocycles. The highest BCUT2D eigenvalue weighted by molar-refractivity contribution is 6.13. The fraction of sp³-hybridized carbons (Fsp3) is 0.273. The van der Waals surface area contributed by atoms with Gasteiger partial charge in [-0.2, -0.15) is 10.1 Å². The van der Waals surface area contributed by atoms with E-state index in [0.29, 0.717) is 16.8 Å². The average molecular weight is 582 g/mol. The molecule has 10 heteroatoms. The van der Waals surface area contributed by atoms with E-state index in [1.165, 1.54) is 12.1 Å². The second-order valence-corrected chi connectivity index (χ2v) is 11.8. The molecule has 2 aliphatic carbocycles. The Morgan fingerprint density at radius 3 is 2.33 bits per heavy atom. The molecule has 0 aromatic heterocycles. The van der Waals surface area contributed by atoms with Gasteiger partial charge in [0.2, 0.25) is 0 Å². The zero-order valence-corrected chi connectivity index (χ0v) is 23.1. The number of fused-ring (bicyclic) bond motifs is 4. The lowest BCUT2D eigenvalue weighted by atomic mass is 9.49. The zero-order chi connectivity index (χ0) is 30.2. The summed E-state index contributed by atoms with van der Waals surface area (Å²) in [4.78, 5) is 55.3. The number of hydrogen-bond acceptors (Lipinski definition) is 7. The molecule has 7 rings (SSSR count). The van der Waals surface area contributed by atoms with Crippen molar-refractivity contribution in [1.29, 1.82) is 0 Å². The predicted octanol–water partition coefficient (Wildman–Crippen LogP) is 4.21. The Labute approximate surface area is 246 Å². The number of aryl methyl sites for hydroxylation is 1. The smallest absolute Gasteiger partial charge is 0.260 e. The van der Waals surface area contributed by atoms with E-state index in [-0.39, 0.29) is 23.5 Å². The Bertz CT molecular complexity index is 1720. The van der Waals surface area contributed by atoms with Crippen molar-refractivity contribution in [2.75, 3.05) is 5.43 Å². The number of phenols is 1. The molecule has 0 radical (unpaired) electrons. The highest BCUT2D eigenvalue weighted by Gasteiger charge is 2.70. The first-order chi connectivity index (χ1) is 20.7. The van der Waals surface area contributed by atoms with Gasteiger partial charge in [-0.3, -0.25) is 29.8 Å². The third-order valence-corrected chi connectivity index (χ3v) is 9.70. The van der Waals surface area contributed by atoms with Crippen LogP contribution in [-0.2, 0) is 24.6 Å². The first-order valence-electron chi connectivity index (χ1n) is 14.2. The van der Waals surface area contributed by atoms with E-state index in [1.54, 1.807) is 48.5 Å². The molecule has 43 heavy (non-hydrogen) atoms. The van der Waals surface area contributed by atoms with E-state index >= 15 is 0 Å². The largest absolute Gasteiger partial charge is 0.505 e. The molecule has 2 aliphatic heterocycles. The number of phenolic OH excluding ortho intramolecular Hbond substituents is 1. The molecule has 0 unspecified atom stereocenters. The van der Waals surface area contributed by atoms with E-state index in [2.05, 4.69) is 5.43 Å². The van der Waals surface area contributed by atoms with Crippen LogP contribution in [0.15, 0.2) is 84.4 Å². The fourth-order valence-electron chi connectivity index (χ4n) is 7.84. The summed E-state index contributed by atoms with van der Waals surface area (Å²) in [7, 11) is 0. The maximum absolute atomic E-state index is 15.0. The molecule has 6 atom stereocenters. The van der Waals surface area contributed by atoms with Crippen molar-refractivity contribution in [2.45, 2.75) is 31.1 Å². The van der Waals surface area contributed by atoms with Crippen molar-refractivity contribution >= 4 is 29.3 Å². The van der Waals surface area contributed by atoms with Gasteiger partial charge in [-0.25, -0.2) is 4.39 Å². The fourth-order valence-corrected chi connectivity index (χ4v) is 7.84. The number of hydrazine groups is 1. The van der Waals surface area contributed by atoms with E-state index in [1.807, 2.05) is 19.1 Å². The number of carbonyl (C=O) groups excluding carboxylic acids is 4. The Hall–Kier alpha value is -4.83. The quantitative estimate of drug-likeness (QED) is 0.239. The number of hydroxylamine groups is 2. The summed E-state index contributed by atoms with van der Waals surface area (Å²) in [5.41, 5.74) is 3.99. The number of imide groups is 2. The Balaban J connectivity index is 1.48. The molecule has 9 nitrogen and oxygen atoms in total. The van der Waals surface area contributed by atoms with Crippen LogP contribution in [0.25, 0.3) is 0 Å². The molecule has 0 spiro atoms. The maximum Gasteiger partial charge on any atom is 0.260 e. The van der Waals surface area contributed by atoms with Gasteiger partial charge in [-0.15, -0.1) is 0 Å². The number of rotatable bonds is 4. The van der Waals surface area contributed by atoms with Crippen LogP contribution in [0.1, 0.15) is 35.4 Å². The summed E-state index contributed by atoms with van der Waals surface area (Å²) < 4.78 is 15.0. The van der Waals surface area contributed by atoms with Gasteiger partial charge in [-0.1, -0.05) is 71.8 Å². The van der Waals surface area contributed by atoms with E-state index in [0.717, 1.165) is 16.6 Å². The lowest BCUT2D eigenvalue weighted by Gasteiger charge is -2.50. The van der Waals surface area contributed by atoms with Crippen LogP contribution in [0.5, 0.6) is 5.75 Å². The first-order valence-corrected chi connectivity index (χ1v) is 14.2. The number of halogens is 1. The Morgan fingerprint density at radius 1 is 0.884 bits per heavy atom. The number of allylic oxidation sites excluding steroid dienone is 2. The summed E-state index contributed by atoms with van der Waals surface area (Å²) in [5.74, 6) is -8.80. The van der Waals surface area contributed by atoms with Crippen LogP contribution in [0, 0.1) is 36.4 Å². The van der Waals surface area contributed by atoms with E-state index < -0.39 is 70.2 Å². The van der Waals surface area contributed by atoms with Crippen molar-refractivity contribution < 1.29 is 33.9 Å². The number of aromatic hydroxyl groups is 1. The molecule has 3 aromatic rings. The Morgan fingerprint density at radius 2 is 1.60 bits per heavy atom. The molecular formula is C33H28FN3O6. The van der Waals surface area contributed by atoms with Gasteiger partial charge in [-0.05, 0) is 49.4 Å². The normalized spacial score (nSPS) is 29.7. The van der Waals surface area contributed by atoms with Crippen LogP contribution >= 0.6 is 0 Å². The van der Waals surface area contributed by atoms with Gasteiger partial charge < -0.3 is 5.11 Å². The van der Waals surface area contributed by atoms with Crippen molar-refractivity contribution in [1.82, 2.24) is 10.1 Å². The molecule has 218 valence electrons. The highest BCUT2D eigenvalue weighted by Crippen LogP contribution is 2.64. The minimum atomic E-state index is -1.62. The van der Waals surface area contributed by atoms with E-state index in [9.17, 15) is 33.9 Å². The lowest BCUT2D eigenvalue weighted by Crippen LogP contribution is -2.53. The number of carbonyl (C=O) groups is 4. The summed E-state index contributed by atoms with van der Waals surface area (Å²) in [6.45, 7) is 1.91. The summed E-state index contributed by atoms with van der Waals surface area (Å²) in [6.07, 6.45) is 1.89. The SMILES string of the molecule is Cc1ccc(NN2C(=O)[C@@H]3C[C@@H]4C(=CC[C@@H]5C(=O)N(O)C(=O)[C@@H]54)[C@H](c4cccc(F)c4O)[C@]3(c3ccccc3)C2=O)cc1. The van der Waals surface area contributed by atoms with Gasteiger partial charge in [0.25, 0.3) is 23.6 Å². The summed E-state index contributed by atoms with van der Waals surface area (Å²) >= 11 is 0. The van der Waals surface area contributed by atoms with Crippen molar-refractivity contribution in [3.05, 3.63) is 107 Å².